The lowest BCUT2D eigenvalue weighted by Gasteiger charge is -2.04. The van der Waals surface area contributed by atoms with Crippen LogP contribution in [0.15, 0.2) is 67.0 Å². The summed E-state index contributed by atoms with van der Waals surface area (Å²) < 4.78 is 15.2. The van der Waals surface area contributed by atoms with Crippen molar-refractivity contribution in [2.75, 3.05) is 0 Å². The van der Waals surface area contributed by atoms with Gasteiger partial charge in [-0.1, -0.05) is 22.0 Å². The molecule has 0 fully saturated rings. The van der Waals surface area contributed by atoms with E-state index in [2.05, 4.69) is 20.9 Å². The first-order valence-corrected chi connectivity index (χ1v) is 8.63. The van der Waals surface area contributed by atoms with Crippen LogP contribution in [-0.2, 0) is 5.33 Å². The summed E-state index contributed by atoms with van der Waals surface area (Å²) in [5, 5.41) is 5.50. The van der Waals surface area contributed by atoms with Gasteiger partial charge in [0.2, 0.25) is 0 Å². The number of benzene rings is 1. The van der Waals surface area contributed by atoms with Crippen LogP contribution in [0.2, 0.25) is 0 Å². The molecule has 1 aromatic carbocycles. The molecule has 0 saturated heterocycles. The van der Waals surface area contributed by atoms with E-state index in [1.165, 1.54) is 12.1 Å². The minimum absolute atomic E-state index is 0.255. The molecule has 5 heteroatoms. The van der Waals surface area contributed by atoms with Crippen molar-refractivity contribution in [3.8, 4) is 22.4 Å². The van der Waals surface area contributed by atoms with Crippen LogP contribution in [0.4, 0.5) is 4.39 Å². The molecule has 0 atom stereocenters. The number of halogens is 2. The highest BCUT2D eigenvalue weighted by Crippen LogP contribution is 2.35. The summed E-state index contributed by atoms with van der Waals surface area (Å²) in [6.45, 7) is 0. The molecule has 4 rings (SSSR count). The zero-order valence-electron chi connectivity index (χ0n) is 12.7. The Labute approximate surface area is 146 Å². The van der Waals surface area contributed by atoms with Gasteiger partial charge in [0.15, 0.2) is 0 Å². The maximum absolute atomic E-state index is 13.3. The molecule has 4 aromatic rings. The van der Waals surface area contributed by atoms with Gasteiger partial charge in [-0.15, -0.1) is 0 Å². The Morgan fingerprint density at radius 2 is 1.67 bits per heavy atom. The fraction of sp³-hybridized carbons (Fsp3) is 0.0526. The van der Waals surface area contributed by atoms with Crippen molar-refractivity contribution >= 4 is 21.4 Å². The van der Waals surface area contributed by atoms with Crippen LogP contribution in [-0.4, -0.2) is 14.6 Å². The van der Waals surface area contributed by atoms with E-state index in [1.54, 1.807) is 24.5 Å². The summed E-state index contributed by atoms with van der Waals surface area (Å²) in [6.07, 6.45) is 3.53. The number of hydrogen-bond acceptors (Lipinski definition) is 2. The predicted octanol–water partition coefficient (Wildman–Crippen LogP) is 5.10. The molecule has 0 saturated carbocycles. The molecule has 0 N–H and O–H groups in total. The molecule has 3 heterocycles. The Morgan fingerprint density at radius 1 is 0.917 bits per heavy atom. The van der Waals surface area contributed by atoms with Crippen LogP contribution < -0.4 is 0 Å². The number of pyridine rings is 2. The number of nitrogens with zero attached hydrogens (tertiary/aromatic N) is 3. The zero-order chi connectivity index (χ0) is 16.5. The number of aromatic nitrogens is 3. The van der Waals surface area contributed by atoms with E-state index < -0.39 is 0 Å². The molecule has 0 aliphatic carbocycles. The summed E-state index contributed by atoms with van der Waals surface area (Å²) in [5.74, 6) is -0.255. The van der Waals surface area contributed by atoms with Crippen LogP contribution in [0.1, 0.15) is 5.69 Å². The Hall–Kier alpha value is -2.53. The van der Waals surface area contributed by atoms with E-state index in [9.17, 15) is 4.39 Å². The van der Waals surface area contributed by atoms with Gasteiger partial charge in [-0.3, -0.25) is 4.98 Å². The highest BCUT2D eigenvalue weighted by molar-refractivity contribution is 9.08. The summed E-state index contributed by atoms with van der Waals surface area (Å²) >= 11 is 3.51. The van der Waals surface area contributed by atoms with Crippen molar-refractivity contribution in [2.45, 2.75) is 5.33 Å². The van der Waals surface area contributed by atoms with E-state index >= 15 is 0 Å². The molecule has 118 valence electrons. The average molecular weight is 382 g/mol. The van der Waals surface area contributed by atoms with E-state index in [0.717, 1.165) is 33.6 Å². The van der Waals surface area contributed by atoms with Crippen molar-refractivity contribution in [3.63, 3.8) is 0 Å². The SMILES string of the molecule is Fc1ccc(-c2nn3c(CBr)cccc3c2-c2ccncc2)cc1. The summed E-state index contributed by atoms with van der Waals surface area (Å²) in [7, 11) is 0. The van der Waals surface area contributed by atoms with Crippen LogP contribution in [0, 0.1) is 5.82 Å². The number of alkyl halides is 1. The first kappa shape index (κ1) is 15.0. The summed E-state index contributed by atoms with van der Waals surface area (Å²) in [5.41, 5.74) is 5.83. The van der Waals surface area contributed by atoms with Crippen LogP contribution in [0.3, 0.4) is 0 Å². The van der Waals surface area contributed by atoms with Crippen LogP contribution in [0.25, 0.3) is 27.9 Å². The Kier molecular flexibility index (Phi) is 3.86. The average Bonchev–Trinajstić information content (AvgIpc) is 3.02. The molecule has 0 aliphatic rings. The summed E-state index contributed by atoms with van der Waals surface area (Å²) in [6, 6.07) is 16.5. The van der Waals surface area contributed by atoms with Crippen molar-refractivity contribution in [1.82, 2.24) is 14.6 Å². The smallest absolute Gasteiger partial charge is 0.123 e. The molecule has 3 nitrogen and oxygen atoms in total. The largest absolute Gasteiger partial charge is 0.265 e. The highest BCUT2D eigenvalue weighted by atomic mass is 79.9. The second kappa shape index (κ2) is 6.17. The number of rotatable bonds is 3. The third kappa shape index (κ3) is 2.51. The minimum atomic E-state index is -0.255. The van der Waals surface area contributed by atoms with E-state index in [0.29, 0.717) is 5.33 Å². The lowest BCUT2D eigenvalue weighted by atomic mass is 10.0. The Morgan fingerprint density at radius 3 is 2.38 bits per heavy atom. The highest BCUT2D eigenvalue weighted by Gasteiger charge is 2.17. The first-order chi connectivity index (χ1) is 11.8. The lowest BCUT2D eigenvalue weighted by Crippen LogP contribution is -1.95. The standard InChI is InChI=1S/C19H13BrFN3/c20-12-16-2-1-3-17-18(13-8-10-22-11-9-13)19(23-24(16)17)14-4-6-15(21)7-5-14/h1-11H,12H2. The van der Waals surface area contributed by atoms with Crippen LogP contribution in [0.5, 0.6) is 0 Å². The normalized spacial score (nSPS) is 11.1. The minimum Gasteiger partial charge on any atom is -0.265 e. The maximum Gasteiger partial charge on any atom is 0.123 e. The Bertz CT molecular complexity index is 994. The van der Waals surface area contributed by atoms with Gasteiger partial charge in [0, 0.05) is 28.9 Å². The molecule has 24 heavy (non-hydrogen) atoms. The van der Waals surface area contributed by atoms with Gasteiger partial charge < -0.3 is 0 Å². The Balaban J connectivity index is 2.06. The molecule has 0 bridgehead atoms. The molecule has 0 unspecified atom stereocenters. The van der Waals surface area contributed by atoms with Gasteiger partial charge >= 0.3 is 0 Å². The topological polar surface area (TPSA) is 30.2 Å². The van der Waals surface area contributed by atoms with Gasteiger partial charge in [-0.2, -0.15) is 5.10 Å². The lowest BCUT2D eigenvalue weighted by molar-refractivity contribution is 0.628. The molecule has 0 aliphatic heterocycles. The third-order valence-electron chi connectivity index (χ3n) is 3.96. The van der Waals surface area contributed by atoms with Crippen molar-refractivity contribution in [3.05, 3.63) is 78.5 Å². The molecule has 0 radical (unpaired) electrons. The van der Waals surface area contributed by atoms with Gasteiger partial charge in [0.25, 0.3) is 0 Å². The van der Waals surface area contributed by atoms with Crippen molar-refractivity contribution < 1.29 is 4.39 Å². The molecule has 3 aromatic heterocycles. The van der Waals surface area contributed by atoms with Crippen LogP contribution >= 0.6 is 15.9 Å². The van der Waals surface area contributed by atoms with Crippen molar-refractivity contribution in [2.24, 2.45) is 0 Å². The zero-order valence-corrected chi connectivity index (χ0v) is 14.2. The quantitative estimate of drug-likeness (QED) is 0.462. The summed E-state index contributed by atoms with van der Waals surface area (Å²) in [4.78, 5) is 4.10. The second-order valence-corrected chi connectivity index (χ2v) is 5.97. The maximum atomic E-state index is 13.3. The second-order valence-electron chi connectivity index (χ2n) is 5.41. The molecule has 0 amide bonds. The van der Waals surface area contributed by atoms with Gasteiger partial charge in [0.1, 0.15) is 11.5 Å². The monoisotopic (exact) mass is 381 g/mol. The van der Waals surface area contributed by atoms with Crippen molar-refractivity contribution in [1.29, 1.82) is 0 Å². The first-order valence-electron chi connectivity index (χ1n) is 7.51. The third-order valence-corrected chi connectivity index (χ3v) is 4.53. The van der Waals surface area contributed by atoms with Gasteiger partial charge in [-0.25, -0.2) is 8.91 Å². The number of hydrogen-bond donors (Lipinski definition) is 0. The van der Waals surface area contributed by atoms with E-state index in [4.69, 9.17) is 5.10 Å². The molecular weight excluding hydrogens is 369 g/mol. The number of fused-ring (bicyclic) bond motifs is 1. The van der Waals surface area contributed by atoms with E-state index in [1.807, 2.05) is 34.8 Å². The van der Waals surface area contributed by atoms with Gasteiger partial charge in [-0.05, 0) is 54.1 Å². The van der Waals surface area contributed by atoms with Gasteiger partial charge in [0.05, 0.1) is 11.2 Å². The molecule has 0 spiro atoms. The predicted molar refractivity (Wildman–Crippen MR) is 96.4 cm³/mol. The van der Waals surface area contributed by atoms with E-state index in [-0.39, 0.29) is 5.82 Å². The molecular formula is C19H13BrFN3. The fourth-order valence-electron chi connectivity index (χ4n) is 2.84. The fourth-order valence-corrected chi connectivity index (χ4v) is 3.26.